The Morgan fingerprint density at radius 1 is 1.58 bits per heavy atom. The van der Waals surface area contributed by atoms with E-state index in [4.69, 9.17) is 0 Å². The Morgan fingerprint density at radius 2 is 2.32 bits per heavy atom. The normalized spacial score (nSPS) is 24.4. The van der Waals surface area contributed by atoms with Crippen molar-refractivity contribution in [3.8, 4) is 0 Å². The number of hydrogen-bond acceptors (Lipinski definition) is 4. The topological polar surface area (TPSA) is 66.6 Å². The molecule has 6 heteroatoms. The lowest BCUT2D eigenvalue weighted by atomic mass is 9.96. The van der Waals surface area contributed by atoms with Crippen molar-refractivity contribution in [3.63, 3.8) is 0 Å². The first-order valence-electron chi connectivity index (χ1n) is 6.30. The Labute approximate surface area is 120 Å². The molecule has 2 rings (SSSR count). The maximum Gasteiger partial charge on any atom is 0.270 e. The number of benzene rings is 1. The zero-order chi connectivity index (χ0) is 14.0. The van der Waals surface area contributed by atoms with Crippen molar-refractivity contribution in [3.05, 3.63) is 38.3 Å². The Kier molecular flexibility index (Phi) is 4.54. The lowest BCUT2D eigenvalue weighted by molar-refractivity contribution is -0.384. The van der Waals surface area contributed by atoms with E-state index >= 15 is 0 Å². The van der Waals surface area contributed by atoms with E-state index in [1.54, 1.807) is 6.07 Å². The predicted octanol–water partition coefficient (Wildman–Crippen LogP) is 2.56. The third kappa shape index (κ3) is 3.52. The van der Waals surface area contributed by atoms with E-state index in [0.717, 1.165) is 36.1 Å². The van der Waals surface area contributed by atoms with Gasteiger partial charge >= 0.3 is 0 Å². The summed E-state index contributed by atoms with van der Waals surface area (Å²) in [6.07, 6.45) is 0.572. The molecule has 2 unspecified atom stereocenters. The Bertz CT molecular complexity index is 481. The summed E-state index contributed by atoms with van der Waals surface area (Å²) >= 11 is 3.39. The molecular formula is C13H17BrN2O3. The first-order valence-corrected chi connectivity index (χ1v) is 7.10. The van der Waals surface area contributed by atoms with Gasteiger partial charge in [-0.1, -0.05) is 22.9 Å². The molecule has 0 saturated carbocycles. The van der Waals surface area contributed by atoms with Crippen molar-refractivity contribution < 1.29 is 10.0 Å². The number of aliphatic hydroxyl groups excluding tert-OH is 1. The minimum atomic E-state index is -0.395. The average Bonchev–Trinajstić information content (AvgIpc) is 2.36. The third-order valence-electron chi connectivity index (χ3n) is 3.59. The number of rotatable bonds is 3. The van der Waals surface area contributed by atoms with Crippen molar-refractivity contribution in [2.45, 2.75) is 26.0 Å². The van der Waals surface area contributed by atoms with Gasteiger partial charge in [0.2, 0.25) is 0 Å². The average molecular weight is 329 g/mol. The second-order valence-corrected chi connectivity index (χ2v) is 5.96. The summed E-state index contributed by atoms with van der Waals surface area (Å²) in [5.74, 6) is 0.269. The van der Waals surface area contributed by atoms with Crippen LogP contribution in [0.4, 0.5) is 5.69 Å². The van der Waals surface area contributed by atoms with Crippen LogP contribution in [0, 0.1) is 16.0 Å². The van der Waals surface area contributed by atoms with Crippen LogP contribution in [0.25, 0.3) is 0 Å². The van der Waals surface area contributed by atoms with Gasteiger partial charge in [0.25, 0.3) is 5.69 Å². The van der Waals surface area contributed by atoms with Gasteiger partial charge in [-0.05, 0) is 24.0 Å². The van der Waals surface area contributed by atoms with Crippen molar-refractivity contribution in [2.75, 3.05) is 13.1 Å². The molecule has 1 heterocycles. The highest BCUT2D eigenvalue weighted by Crippen LogP contribution is 2.26. The molecule has 1 fully saturated rings. The predicted molar refractivity (Wildman–Crippen MR) is 75.9 cm³/mol. The highest BCUT2D eigenvalue weighted by molar-refractivity contribution is 9.10. The summed E-state index contributed by atoms with van der Waals surface area (Å²) in [5.41, 5.74) is 1.13. The first kappa shape index (κ1) is 14.4. The lowest BCUT2D eigenvalue weighted by Gasteiger charge is -2.34. The van der Waals surface area contributed by atoms with E-state index in [0.29, 0.717) is 0 Å². The molecule has 1 saturated heterocycles. The third-order valence-corrected chi connectivity index (χ3v) is 4.32. The monoisotopic (exact) mass is 328 g/mol. The number of nitro benzene ring substituents is 1. The van der Waals surface area contributed by atoms with Crippen LogP contribution in [-0.4, -0.2) is 34.1 Å². The van der Waals surface area contributed by atoms with Crippen LogP contribution < -0.4 is 0 Å². The van der Waals surface area contributed by atoms with Gasteiger partial charge in [0.05, 0.1) is 11.0 Å². The maximum absolute atomic E-state index is 10.7. The molecule has 0 amide bonds. The number of nitro groups is 1. The van der Waals surface area contributed by atoms with Gasteiger partial charge in [-0.2, -0.15) is 0 Å². The minimum Gasteiger partial charge on any atom is -0.393 e. The van der Waals surface area contributed by atoms with E-state index in [9.17, 15) is 15.2 Å². The highest BCUT2D eigenvalue weighted by Gasteiger charge is 2.24. The van der Waals surface area contributed by atoms with Gasteiger partial charge in [-0.25, -0.2) is 0 Å². The summed E-state index contributed by atoms with van der Waals surface area (Å²) in [6.45, 7) is 4.50. The Hall–Kier alpha value is -0.980. The summed E-state index contributed by atoms with van der Waals surface area (Å²) in [4.78, 5) is 12.6. The highest BCUT2D eigenvalue weighted by atomic mass is 79.9. The van der Waals surface area contributed by atoms with Gasteiger partial charge in [-0.15, -0.1) is 0 Å². The minimum absolute atomic E-state index is 0.0954. The van der Waals surface area contributed by atoms with Gasteiger partial charge in [0.1, 0.15) is 0 Å². The van der Waals surface area contributed by atoms with Crippen LogP contribution in [-0.2, 0) is 6.54 Å². The van der Waals surface area contributed by atoms with Crippen LogP contribution in [0.5, 0.6) is 0 Å². The van der Waals surface area contributed by atoms with Crippen molar-refractivity contribution in [2.24, 2.45) is 5.92 Å². The molecule has 1 aliphatic heterocycles. The summed E-state index contributed by atoms with van der Waals surface area (Å²) in [6, 6.07) is 4.86. The van der Waals surface area contributed by atoms with E-state index in [1.807, 2.05) is 6.92 Å². The molecule has 0 aromatic heterocycles. The molecule has 1 aromatic rings. The largest absolute Gasteiger partial charge is 0.393 e. The second kappa shape index (κ2) is 5.98. The van der Waals surface area contributed by atoms with Crippen LogP contribution in [0.1, 0.15) is 18.9 Å². The molecule has 1 aliphatic rings. The molecule has 0 bridgehead atoms. The van der Waals surface area contributed by atoms with Crippen LogP contribution in [0.3, 0.4) is 0 Å². The number of halogens is 1. The zero-order valence-electron chi connectivity index (χ0n) is 10.8. The van der Waals surface area contributed by atoms with E-state index in [2.05, 4.69) is 20.8 Å². The van der Waals surface area contributed by atoms with E-state index in [-0.39, 0.29) is 17.7 Å². The number of likely N-dealkylation sites (tertiary alicyclic amines) is 1. The maximum atomic E-state index is 10.7. The Morgan fingerprint density at radius 3 is 2.89 bits per heavy atom. The van der Waals surface area contributed by atoms with Crippen LogP contribution >= 0.6 is 15.9 Å². The van der Waals surface area contributed by atoms with Gasteiger partial charge in [0, 0.05) is 36.2 Å². The SMILES string of the molecule is CC1CN(Cc2ccc([N+](=O)[O-])cc2Br)CCC1O. The molecule has 5 nitrogen and oxygen atoms in total. The molecule has 0 radical (unpaired) electrons. The first-order chi connectivity index (χ1) is 8.97. The van der Waals surface area contributed by atoms with Gasteiger partial charge in [0.15, 0.2) is 0 Å². The zero-order valence-corrected chi connectivity index (χ0v) is 12.3. The van der Waals surface area contributed by atoms with Crippen LogP contribution in [0.15, 0.2) is 22.7 Å². The second-order valence-electron chi connectivity index (χ2n) is 5.10. The number of aliphatic hydroxyl groups is 1. The Balaban J connectivity index is 2.05. The molecule has 104 valence electrons. The van der Waals surface area contributed by atoms with Crippen LogP contribution in [0.2, 0.25) is 0 Å². The standard InChI is InChI=1S/C13H17BrN2O3/c1-9-7-15(5-4-13(9)17)8-10-2-3-11(16(18)19)6-12(10)14/h2-3,6,9,13,17H,4-5,7-8H2,1H3. The molecule has 2 atom stereocenters. The molecule has 0 aliphatic carbocycles. The van der Waals surface area contributed by atoms with Crippen molar-refractivity contribution >= 4 is 21.6 Å². The van der Waals surface area contributed by atoms with E-state index in [1.165, 1.54) is 12.1 Å². The van der Waals surface area contributed by atoms with Crippen molar-refractivity contribution in [1.82, 2.24) is 4.90 Å². The van der Waals surface area contributed by atoms with E-state index < -0.39 is 4.92 Å². The quantitative estimate of drug-likeness (QED) is 0.684. The molecular weight excluding hydrogens is 312 g/mol. The summed E-state index contributed by atoms with van der Waals surface area (Å²) < 4.78 is 0.764. The fraction of sp³-hybridized carbons (Fsp3) is 0.538. The fourth-order valence-electron chi connectivity index (χ4n) is 2.38. The fourth-order valence-corrected chi connectivity index (χ4v) is 2.87. The van der Waals surface area contributed by atoms with Gasteiger partial charge < -0.3 is 5.11 Å². The van der Waals surface area contributed by atoms with Gasteiger partial charge in [-0.3, -0.25) is 15.0 Å². The molecule has 0 spiro atoms. The summed E-state index contributed by atoms with van der Waals surface area (Å²) in [5, 5.41) is 20.4. The lowest BCUT2D eigenvalue weighted by Crippen LogP contribution is -2.41. The van der Waals surface area contributed by atoms with Crippen molar-refractivity contribution in [1.29, 1.82) is 0 Å². The number of non-ortho nitro benzene ring substituents is 1. The molecule has 1 N–H and O–H groups in total. The molecule has 1 aromatic carbocycles. The smallest absolute Gasteiger partial charge is 0.270 e. The molecule has 19 heavy (non-hydrogen) atoms. The summed E-state index contributed by atoms with van der Waals surface area (Å²) in [7, 11) is 0. The number of hydrogen-bond donors (Lipinski definition) is 1. The number of piperidine rings is 1. The number of nitrogens with zero attached hydrogens (tertiary/aromatic N) is 2.